The van der Waals surface area contributed by atoms with Crippen molar-refractivity contribution < 1.29 is 22.8 Å². The van der Waals surface area contributed by atoms with E-state index in [1.807, 2.05) is 31.2 Å². The van der Waals surface area contributed by atoms with Crippen molar-refractivity contribution in [2.75, 3.05) is 4.90 Å². The lowest BCUT2D eigenvalue weighted by Crippen LogP contribution is -2.54. The summed E-state index contributed by atoms with van der Waals surface area (Å²) in [5.41, 5.74) is 1.14. The lowest BCUT2D eigenvalue weighted by atomic mass is 10.1. The Morgan fingerprint density at radius 3 is 2.41 bits per heavy atom. The Balaban J connectivity index is 1.75. The van der Waals surface area contributed by atoms with Gasteiger partial charge in [0.05, 0.1) is 11.3 Å². The van der Waals surface area contributed by atoms with Gasteiger partial charge in [0.1, 0.15) is 5.57 Å². The van der Waals surface area contributed by atoms with Crippen LogP contribution in [-0.4, -0.2) is 21.5 Å². The van der Waals surface area contributed by atoms with Gasteiger partial charge in [0, 0.05) is 17.6 Å². The number of aromatic nitrogens is 1. The third kappa shape index (κ3) is 4.06. The molecule has 1 aliphatic rings. The standard InChI is InChI=1S/C23H16F3N3O2S/c1-14-5-2-7-16(11-14)28-10-4-9-17(28)13-19-20(30)27-22(32)29(21(19)31)18-8-3-6-15(12-18)23(24,25)26/h2-13H,1H3,(H,27,30,32)/b19-13+. The number of anilines is 1. The maximum atomic E-state index is 13.2. The summed E-state index contributed by atoms with van der Waals surface area (Å²) in [6.45, 7) is 1.94. The number of carbonyl (C=O) groups excluding carboxylic acids is 2. The summed E-state index contributed by atoms with van der Waals surface area (Å²) in [7, 11) is 0. The molecule has 5 nitrogen and oxygen atoms in total. The Hall–Kier alpha value is -3.72. The Bertz CT molecular complexity index is 1280. The lowest BCUT2D eigenvalue weighted by Gasteiger charge is -2.29. The molecule has 1 fully saturated rings. The average Bonchev–Trinajstić information content (AvgIpc) is 3.19. The van der Waals surface area contributed by atoms with E-state index in [2.05, 4.69) is 5.32 Å². The normalized spacial score (nSPS) is 15.9. The number of hydrogen-bond acceptors (Lipinski definition) is 3. The van der Waals surface area contributed by atoms with E-state index in [1.165, 1.54) is 18.2 Å². The fraction of sp³-hybridized carbons (Fsp3) is 0.0870. The van der Waals surface area contributed by atoms with Crippen molar-refractivity contribution in [3.8, 4) is 5.69 Å². The minimum atomic E-state index is -4.59. The minimum Gasteiger partial charge on any atom is -0.317 e. The SMILES string of the molecule is Cc1cccc(-n2cccc2/C=C2\C(=O)NC(=S)N(c3cccc(C(F)(F)F)c3)C2=O)c1. The fourth-order valence-corrected chi connectivity index (χ4v) is 3.67. The first-order valence-corrected chi connectivity index (χ1v) is 9.89. The molecule has 0 radical (unpaired) electrons. The molecule has 1 saturated heterocycles. The molecule has 2 aromatic carbocycles. The van der Waals surface area contributed by atoms with E-state index in [0.29, 0.717) is 5.69 Å². The number of nitrogens with one attached hydrogen (secondary N) is 1. The number of halogens is 3. The molecule has 0 saturated carbocycles. The molecule has 1 aliphatic heterocycles. The number of nitrogens with zero attached hydrogens (tertiary/aromatic N) is 2. The van der Waals surface area contributed by atoms with Crippen molar-refractivity contribution in [2.24, 2.45) is 0 Å². The second-order valence-electron chi connectivity index (χ2n) is 7.15. The molecule has 1 aromatic heterocycles. The van der Waals surface area contributed by atoms with Gasteiger partial charge in [-0.05, 0) is 73.2 Å². The number of amides is 2. The number of aryl methyl sites for hydroxylation is 1. The molecule has 2 heterocycles. The number of hydrogen-bond donors (Lipinski definition) is 1. The summed E-state index contributed by atoms with van der Waals surface area (Å²) in [5.74, 6) is -1.53. The van der Waals surface area contributed by atoms with Crippen LogP contribution >= 0.6 is 12.2 Å². The molecule has 0 aliphatic carbocycles. The molecule has 1 N–H and O–H groups in total. The van der Waals surface area contributed by atoms with Crippen LogP contribution in [0.25, 0.3) is 11.8 Å². The summed E-state index contributed by atoms with van der Waals surface area (Å²) in [4.78, 5) is 26.6. The molecular weight excluding hydrogens is 439 g/mol. The van der Waals surface area contributed by atoms with Gasteiger partial charge in [-0.25, -0.2) is 0 Å². The highest BCUT2D eigenvalue weighted by atomic mass is 32.1. The topological polar surface area (TPSA) is 54.3 Å². The third-order valence-corrected chi connectivity index (χ3v) is 5.17. The zero-order chi connectivity index (χ0) is 23.0. The first-order chi connectivity index (χ1) is 15.1. The molecule has 32 heavy (non-hydrogen) atoms. The smallest absolute Gasteiger partial charge is 0.317 e. The van der Waals surface area contributed by atoms with Crippen LogP contribution < -0.4 is 10.2 Å². The van der Waals surface area contributed by atoms with Crippen molar-refractivity contribution >= 4 is 40.9 Å². The summed E-state index contributed by atoms with van der Waals surface area (Å²) < 4.78 is 41.2. The highest BCUT2D eigenvalue weighted by Crippen LogP contribution is 2.32. The van der Waals surface area contributed by atoms with E-state index in [4.69, 9.17) is 12.2 Å². The zero-order valence-electron chi connectivity index (χ0n) is 16.7. The Morgan fingerprint density at radius 1 is 0.969 bits per heavy atom. The second-order valence-corrected chi connectivity index (χ2v) is 7.53. The Kier molecular flexibility index (Phi) is 5.43. The number of rotatable bonds is 3. The van der Waals surface area contributed by atoms with E-state index in [0.717, 1.165) is 28.3 Å². The molecule has 162 valence electrons. The zero-order valence-corrected chi connectivity index (χ0v) is 17.5. The minimum absolute atomic E-state index is 0.0882. The monoisotopic (exact) mass is 455 g/mol. The van der Waals surface area contributed by atoms with Crippen LogP contribution in [0.4, 0.5) is 18.9 Å². The quantitative estimate of drug-likeness (QED) is 0.356. The number of alkyl halides is 3. The van der Waals surface area contributed by atoms with E-state index in [9.17, 15) is 22.8 Å². The molecule has 2 amide bonds. The first kappa shape index (κ1) is 21.5. The van der Waals surface area contributed by atoms with Gasteiger partial charge in [-0.1, -0.05) is 18.2 Å². The number of thiocarbonyl (C=S) groups is 1. The van der Waals surface area contributed by atoms with Gasteiger partial charge in [0.2, 0.25) is 0 Å². The van der Waals surface area contributed by atoms with Gasteiger partial charge in [-0.3, -0.25) is 19.8 Å². The van der Waals surface area contributed by atoms with E-state index in [-0.39, 0.29) is 16.4 Å². The third-order valence-electron chi connectivity index (χ3n) is 4.89. The van der Waals surface area contributed by atoms with Crippen LogP contribution in [0, 0.1) is 6.92 Å². The molecule has 0 spiro atoms. The van der Waals surface area contributed by atoms with Gasteiger partial charge in [0.15, 0.2) is 5.11 Å². The summed E-state index contributed by atoms with van der Waals surface area (Å²) >= 11 is 5.08. The molecule has 0 unspecified atom stereocenters. The van der Waals surface area contributed by atoms with Crippen LogP contribution in [-0.2, 0) is 15.8 Å². The van der Waals surface area contributed by atoms with Crippen LogP contribution in [0.2, 0.25) is 0 Å². The van der Waals surface area contributed by atoms with Crippen molar-refractivity contribution in [1.29, 1.82) is 0 Å². The molecule has 0 bridgehead atoms. The highest BCUT2D eigenvalue weighted by Gasteiger charge is 2.36. The predicted molar refractivity (Wildman–Crippen MR) is 118 cm³/mol. The van der Waals surface area contributed by atoms with Gasteiger partial charge < -0.3 is 4.57 Å². The van der Waals surface area contributed by atoms with Crippen LogP contribution in [0.15, 0.2) is 72.4 Å². The van der Waals surface area contributed by atoms with E-state index in [1.54, 1.807) is 22.9 Å². The van der Waals surface area contributed by atoms with Crippen molar-refractivity contribution in [2.45, 2.75) is 13.1 Å². The van der Waals surface area contributed by atoms with Gasteiger partial charge in [-0.2, -0.15) is 13.2 Å². The van der Waals surface area contributed by atoms with Crippen molar-refractivity contribution in [3.63, 3.8) is 0 Å². The predicted octanol–water partition coefficient (Wildman–Crippen LogP) is 4.64. The number of benzene rings is 2. The van der Waals surface area contributed by atoms with Crippen molar-refractivity contribution in [3.05, 3.63) is 89.3 Å². The Labute approximate surface area is 186 Å². The lowest BCUT2D eigenvalue weighted by molar-refractivity contribution is -0.137. The summed E-state index contributed by atoms with van der Waals surface area (Å²) in [5, 5.41) is 2.10. The van der Waals surface area contributed by atoms with Gasteiger partial charge >= 0.3 is 6.18 Å². The van der Waals surface area contributed by atoms with Crippen molar-refractivity contribution in [1.82, 2.24) is 9.88 Å². The average molecular weight is 455 g/mol. The van der Waals surface area contributed by atoms with Crippen LogP contribution in [0.5, 0.6) is 0 Å². The molecule has 4 rings (SSSR count). The summed E-state index contributed by atoms with van der Waals surface area (Å²) in [6, 6.07) is 15.3. The van der Waals surface area contributed by atoms with Gasteiger partial charge in [0.25, 0.3) is 11.8 Å². The van der Waals surface area contributed by atoms with Crippen LogP contribution in [0.1, 0.15) is 16.8 Å². The highest BCUT2D eigenvalue weighted by molar-refractivity contribution is 7.80. The largest absolute Gasteiger partial charge is 0.416 e. The molecule has 0 atom stereocenters. The van der Waals surface area contributed by atoms with Gasteiger partial charge in [-0.15, -0.1) is 0 Å². The fourth-order valence-electron chi connectivity index (χ4n) is 3.39. The molecular formula is C23H16F3N3O2S. The maximum absolute atomic E-state index is 13.2. The number of carbonyl (C=O) groups is 2. The van der Waals surface area contributed by atoms with E-state index >= 15 is 0 Å². The maximum Gasteiger partial charge on any atom is 0.416 e. The summed E-state index contributed by atoms with van der Waals surface area (Å²) in [6.07, 6.45) is -1.42. The first-order valence-electron chi connectivity index (χ1n) is 9.48. The Morgan fingerprint density at radius 2 is 1.69 bits per heavy atom. The van der Waals surface area contributed by atoms with E-state index < -0.39 is 23.6 Å². The second kappa shape index (κ2) is 8.08. The molecule has 9 heteroatoms. The molecule has 3 aromatic rings. The van der Waals surface area contributed by atoms with Crippen LogP contribution in [0.3, 0.4) is 0 Å².